The van der Waals surface area contributed by atoms with E-state index < -0.39 is 0 Å². The second-order valence-corrected chi connectivity index (χ2v) is 24.4. The van der Waals surface area contributed by atoms with Crippen LogP contribution in [0.1, 0.15) is 275 Å². The molecule has 6 aromatic rings. The number of hydrogen-bond acceptors (Lipinski definition) is 2. The Morgan fingerprint density at radius 1 is 0.301 bits per heavy atom. The predicted molar refractivity (Wildman–Crippen MR) is 308 cm³/mol. The van der Waals surface area contributed by atoms with Crippen molar-refractivity contribution in [2.75, 3.05) is 0 Å². The Morgan fingerprint density at radius 2 is 0.616 bits per heavy atom. The van der Waals surface area contributed by atoms with E-state index in [2.05, 4.69) is 128 Å². The van der Waals surface area contributed by atoms with Crippen LogP contribution >= 0.6 is 0 Å². The second-order valence-electron chi connectivity index (χ2n) is 24.4. The van der Waals surface area contributed by atoms with Gasteiger partial charge in [-0.1, -0.05) is 150 Å². The number of aromatic hydroxyl groups is 2. The molecular weight excluding hydrogens is 885 g/mol. The first kappa shape index (κ1) is 51.4. The molecule has 0 radical (unpaired) electrons. The molecule has 2 nitrogen and oxygen atoms in total. The van der Waals surface area contributed by atoms with E-state index in [-0.39, 0.29) is 11.8 Å². The van der Waals surface area contributed by atoms with Gasteiger partial charge in [0.15, 0.2) is 0 Å². The summed E-state index contributed by atoms with van der Waals surface area (Å²) in [7, 11) is 0. The SMILES string of the molecule is Cc1cc(C)c(C(c2cc(Cc3ccc(O)c(C(c4cc(C5CCCCC5)c(C)cc4C)c4cc(C5CCCCC5)c(O)cc4C)c3)ccc2C)c2cc(C3CCCCC3)c(C)cc2C)cc1C1CCCCC1. The highest BCUT2D eigenvalue weighted by atomic mass is 16.3. The molecule has 384 valence electrons. The molecule has 4 saturated carbocycles. The molecule has 1 atom stereocenters. The lowest BCUT2D eigenvalue weighted by molar-refractivity contribution is 0.413. The van der Waals surface area contributed by atoms with Gasteiger partial charge in [0.05, 0.1) is 0 Å². The van der Waals surface area contributed by atoms with E-state index in [1.165, 1.54) is 199 Å². The van der Waals surface area contributed by atoms with Gasteiger partial charge in [-0.15, -0.1) is 0 Å². The lowest BCUT2D eigenvalue weighted by atomic mass is 9.73. The minimum absolute atomic E-state index is 0.115. The summed E-state index contributed by atoms with van der Waals surface area (Å²) in [5, 5.41) is 23.9. The van der Waals surface area contributed by atoms with Crippen LogP contribution in [-0.2, 0) is 6.42 Å². The Kier molecular flexibility index (Phi) is 15.8. The van der Waals surface area contributed by atoms with E-state index in [0.717, 1.165) is 36.0 Å². The van der Waals surface area contributed by atoms with Crippen molar-refractivity contribution in [3.63, 3.8) is 0 Å². The summed E-state index contributed by atoms with van der Waals surface area (Å²) >= 11 is 0. The van der Waals surface area contributed by atoms with E-state index >= 15 is 0 Å². The summed E-state index contributed by atoms with van der Waals surface area (Å²) in [6, 6.07) is 33.5. The summed E-state index contributed by atoms with van der Waals surface area (Å²) in [4.78, 5) is 0. The Labute approximate surface area is 441 Å². The van der Waals surface area contributed by atoms with Crippen molar-refractivity contribution in [2.45, 2.75) is 226 Å². The van der Waals surface area contributed by atoms with Crippen molar-refractivity contribution in [3.05, 3.63) is 196 Å². The van der Waals surface area contributed by atoms with Gasteiger partial charge in [0.1, 0.15) is 11.5 Å². The standard InChI is InChI=1S/C71H88O2/c1-44-29-30-52(38-61(44)70(62-40-58(45(2)33-48(62)5)54-21-13-9-14-22-54)63-41-59(46(3)34-49(63)6)55-23-15-10-16-24-55)37-53-31-32-68(72)67(39-53)71(64-42-60(47(4)35-50(64)7)56-25-17-11-18-26-56)65-43-66(69(73)36-51(65)8)57-27-19-12-20-28-57/h29-36,38-43,54-57,70-73H,9-28,37H2,1-8H3. The van der Waals surface area contributed by atoms with Crippen LogP contribution in [-0.4, -0.2) is 10.2 Å². The number of phenols is 2. The van der Waals surface area contributed by atoms with E-state index in [0.29, 0.717) is 35.2 Å². The number of phenolic OH excluding ortho intramolecular Hbond substituents is 2. The maximum absolute atomic E-state index is 12.3. The van der Waals surface area contributed by atoms with Gasteiger partial charge >= 0.3 is 0 Å². The van der Waals surface area contributed by atoms with Crippen molar-refractivity contribution in [1.82, 2.24) is 0 Å². The molecule has 1 unspecified atom stereocenters. The third-order valence-electron chi connectivity index (χ3n) is 19.3. The molecule has 4 aliphatic carbocycles. The zero-order valence-electron chi connectivity index (χ0n) is 46.3. The van der Waals surface area contributed by atoms with Crippen molar-refractivity contribution >= 4 is 0 Å². The van der Waals surface area contributed by atoms with Crippen LogP contribution in [0.4, 0.5) is 0 Å². The first-order valence-corrected chi connectivity index (χ1v) is 29.4. The summed E-state index contributed by atoms with van der Waals surface area (Å²) in [6.45, 7) is 18.6. The molecule has 10 rings (SSSR count). The lowest BCUT2D eigenvalue weighted by Crippen LogP contribution is -2.14. The fourth-order valence-electron chi connectivity index (χ4n) is 15.2. The minimum atomic E-state index is -0.186. The molecule has 0 bridgehead atoms. The van der Waals surface area contributed by atoms with E-state index in [9.17, 15) is 10.2 Å². The molecule has 0 saturated heterocycles. The number of rotatable bonds is 12. The molecule has 0 spiro atoms. The fraction of sp³-hybridized carbons (Fsp3) is 0.493. The van der Waals surface area contributed by atoms with E-state index in [4.69, 9.17) is 0 Å². The van der Waals surface area contributed by atoms with Gasteiger partial charge in [-0.05, 0) is 255 Å². The minimum Gasteiger partial charge on any atom is -0.508 e. The van der Waals surface area contributed by atoms with Crippen molar-refractivity contribution in [2.24, 2.45) is 0 Å². The van der Waals surface area contributed by atoms with Crippen molar-refractivity contribution in [1.29, 1.82) is 0 Å². The Balaban J connectivity index is 1.10. The summed E-state index contributed by atoms with van der Waals surface area (Å²) in [5.41, 5.74) is 26.8. The van der Waals surface area contributed by atoms with Crippen LogP contribution in [0.25, 0.3) is 0 Å². The third kappa shape index (κ3) is 10.9. The highest BCUT2D eigenvalue weighted by molar-refractivity contribution is 5.60. The Bertz CT molecular complexity index is 2580. The van der Waals surface area contributed by atoms with Gasteiger partial charge < -0.3 is 10.2 Å². The number of hydrogen-bond donors (Lipinski definition) is 2. The van der Waals surface area contributed by atoms with Gasteiger partial charge in [0, 0.05) is 17.4 Å². The zero-order chi connectivity index (χ0) is 50.9. The molecule has 4 aliphatic rings. The number of aryl methyl sites for hydroxylation is 8. The molecule has 4 fully saturated rings. The topological polar surface area (TPSA) is 40.5 Å². The van der Waals surface area contributed by atoms with Gasteiger partial charge in [0.25, 0.3) is 0 Å². The predicted octanol–water partition coefficient (Wildman–Crippen LogP) is 19.7. The van der Waals surface area contributed by atoms with Gasteiger partial charge in [-0.3, -0.25) is 0 Å². The fourth-order valence-corrected chi connectivity index (χ4v) is 15.2. The first-order valence-electron chi connectivity index (χ1n) is 29.4. The molecular formula is C71H88O2. The molecule has 0 aliphatic heterocycles. The molecule has 6 aromatic carbocycles. The first-order chi connectivity index (χ1) is 35.3. The monoisotopic (exact) mass is 973 g/mol. The average Bonchev–Trinajstić information content (AvgIpc) is 3.39. The van der Waals surface area contributed by atoms with Crippen LogP contribution in [0.3, 0.4) is 0 Å². The van der Waals surface area contributed by atoms with Crippen LogP contribution < -0.4 is 0 Å². The maximum Gasteiger partial charge on any atom is 0.119 e. The quantitative estimate of drug-likeness (QED) is 0.120. The van der Waals surface area contributed by atoms with Crippen LogP contribution in [0.2, 0.25) is 0 Å². The molecule has 0 amide bonds. The van der Waals surface area contributed by atoms with Crippen molar-refractivity contribution in [3.8, 4) is 11.5 Å². The molecule has 0 heterocycles. The lowest BCUT2D eigenvalue weighted by Gasteiger charge is -2.31. The van der Waals surface area contributed by atoms with Crippen LogP contribution in [0.15, 0.2) is 84.9 Å². The highest BCUT2D eigenvalue weighted by Gasteiger charge is 2.31. The largest absolute Gasteiger partial charge is 0.508 e. The summed E-state index contributed by atoms with van der Waals surface area (Å²) < 4.78 is 0. The van der Waals surface area contributed by atoms with Gasteiger partial charge in [0.2, 0.25) is 0 Å². The molecule has 2 N–H and O–H groups in total. The van der Waals surface area contributed by atoms with Crippen LogP contribution in [0, 0.1) is 55.4 Å². The summed E-state index contributed by atoms with van der Waals surface area (Å²) in [6.07, 6.45) is 26.4. The second kappa shape index (κ2) is 22.4. The third-order valence-corrected chi connectivity index (χ3v) is 19.3. The normalized spacial score (nSPS) is 18.2. The Morgan fingerprint density at radius 3 is 1.03 bits per heavy atom. The van der Waals surface area contributed by atoms with E-state index in [1.807, 2.05) is 12.1 Å². The smallest absolute Gasteiger partial charge is 0.119 e. The van der Waals surface area contributed by atoms with E-state index in [1.54, 1.807) is 11.1 Å². The van der Waals surface area contributed by atoms with Gasteiger partial charge in [-0.2, -0.15) is 0 Å². The summed E-state index contributed by atoms with van der Waals surface area (Å²) in [5.74, 6) is 2.90. The van der Waals surface area contributed by atoms with Gasteiger partial charge in [-0.25, -0.2) is 0 Å². The number of benzene rings is 6. The highest BCUT2D eigenvalue weighted by Crippen LogP contribution is 2.48. The molecule has 73 heavy (non-hydrogen) atoms. The maximum atomic E-state index is 12.3. The average molecular weight is 973 g/mol. The van der Waals surface area contributed by atoms with Crippen molar-refractivity contribution < 1.29 is 10.2 Å². The van der Waals surface area contributed by atoms with Crippen LogP contribution in [0.5, 0.6) is 11.5 Å². The Hall–Kier alpha value is -5.08. The zero-order valence-corrected chi connectivity index (χ0v) is 46.3. The molecule has 0 aromatic heterocycles. The molecule has 2 heteroatoms.